The van der Waals surface area contributed by atoms with Gasteiger partial charge in [-0.2, -0.15) is 0 Å². The van der Waals surface area contributed by atoms with Crippen LogP contribution in [-0.2, 0) is 4.74 Å². The van der Waals surface area contributed by atoms with Gasteiger partial charge in [0.1, 0.15) is 17.1 Å². The van der Waals surface area contributed by atoms with Crippen LogP contribution in [0.4, 0.5) is 9.18 Å². The van der Waals surface area contributed by atoms with Crippen molar-refractivity contribution in [2.45, 2.75) is 45.8 Å². The Balaban J connectivity index is 2.38. The zero-order valence-electron chi connectivity index (χ0n) is 16.0. The molecule has 0 fully saturated rings. The molecule has 1 unspecified atom stereocenters. The maximum atomic E-state index is 15.2. The molecule has 2 aromatic rings. The Bertz CT molecular complexity index is 882. The molecule has 150 valence electrons. The molecule has 28 heavy (non-hydrogen) atoms. The second-order valence-electron chi connectivity index (χ2n) is 7.12. The monoisotopic (exact) mass is 470 g/mol. The number of pyridine rings is 1. The molecule has 0 aliphatic carbocycles. The number of amides is 1. The van der Waals surface area contributed by atoms with Crippen molar-refractivity contribution < 1.29 is 18.7 Å². The quantitative estimate of drug-likeness (QED) is 0.556. The fourth-order valence-corrected chi connectivity index (χ4v) is 3.00. The van der Waals surface area contributed by atoms with Gasteiger partial charge in [-0.25, -0.2) is 9.18 Å². The molecule has 0 aliphatic rings. The second kappa shape index (κ2) is 9.01. The van der Waals surface area contributed by atoms with E-state index in [0.29, 0.717) is 10.9 Å². The zero-order chi connectivity index (χ0) is 21.1. The number of ketones is 1. The summed E-state index contributed by atoms with van der Waals surface area (Å²) in [5.41, 5.74) is -0.749. The highest BCUT2D eigenvalue weighted by molar-refractivity contribution is 9.10. The van der Waals surface area contributed by atoms with Crippen molar-refractivity contribution in [1.82, 2.24) is 10.3 Å². The van der Waals surface area contributed by atoms with Crippen LogP contribution in [0.25, 0.3) is 0 Å². The van der Waals surface area contributed by atoms with E-state index in [4.69, 9.17) is 16.3 Å². The summed E-state index contributed by atoms with van der Waals surface area (Å²) in [6.07, 6.45) is 1.17. The number of rotatable bonds is 5. The minimum Gasteiger partial charge on any atom is -0.444 e. The molecule has 0 aliphatic heterocycles. The van der Waals surface area contributed by atoms with Crippen molar-refractivity contribution in [3.63, 3.8) is 0 Å². The number of alkyl carbamates (subject to hydrolysis) is 1. The Morgan fingerprint density at radius 1 is 1.29 bits per heavy atom. The summed E-state index contributed by atoms with van der Waals surface area (Å²) in [6.45, 7) is 6.99. The van der Waals surface area contributed by atoms with Gasteiger partial charge in [0.05, 0.1) is 16.6 Å². The van der Waals surface area contributed by atoms with E-state index < -0.39 is 29.3 Å². The molecule has 0 radical (unpaired) electrons. The Morgan fingerprint density at radius 2 is 1.96 bits per heavy atom. The predicted molar refractivity (Wildman–Crippen MR) is 109 cm³/mol. The normalized spacial score (nSPS) is 12.4. The number of halogens is 3. The Hall–Kier alpha value is -1.99. The lowest BCUT2D eigenvalue weighted by Gasteiger charge is -2.24. The van der Waals surface area contributed by atoms with E-state index in [1.54, 1.807) is 33.8 Å². The van der Waals surface area contributed by atoms with Crippen molar-refractivity contribution in [2.75, 3.05) is 0 Å². The minimum atomic E-state index is -0.787. The van der Waals surface area contributed by atoms with Crippen LogP contribution in [0.1, 0.15) is 61.8 Å². The second-order valence-corrected chi connectivity index (χ2v) is 8.45. The molecule has 1 N–H and O–H groups in total. The van der Waals surface area contributed by atoms with Gasteiger partial charge in [-0.3, -0.25) is 9.78 Å². The lowest BCUT2D eigenvalue weighted by atomic mass is 9.98. The molecule has 0 saturated carbocycles. The Labute approximate surface area is 176 Å². The van der Waals surface area contributed by atoms with E-state index in [0.717, 1.165) is 0 Å². The first kappa shape index (κ1) is 22.3. The van der Waals surface area contributed by atoms with Crippen LogP contribution in [0.3, 0.4) is 0 Å². The highest BCUT2D eigenvalue weighted by atomic mass is 79.9. The fourth-order valence-electron chi connectivity index (χ4n) is 2.53. The van der Waals surface area contributed by atoms with Gasteiger partial charge < -0.3 is 10.1 Å². The first-order valence-electron chi connectivity index (χ1n) is 8.67. The summed E-state index contributed by atoms with van der Waals surface area (Å²) >= 11 is 9.35. The van der Waals surface area contributed by atoms with Crippen LogP contribution in [0.5, 0.6) is 0 Å². The van der Waals surface area contributed by atoms with Gasteiger partial charge in [0.2, 0.25) is 5.78 Å². The van der Waals surface area contributed by atoms with Gasteiger partial charge in [-0.1, -0.05) is 24.6 Å². The van der Waals surface area contributed by atoms with Crippen molar-refractivity contribution in [2.24, 2.45) is 0 Å². The lowest BCUT2D eigenvalue weighted by Crippen LogP contribution is -2.35. The fraction of sp³-hybridized carbons (Fsp3) is 0.350. The number of carbonyl (C=O) groups is 2. The summed E-state index contributed by atoms with van der Waals surface area (Å²) in [5, 5.41) is 2.61. The first-order chi connectivity index (χ1) is 13.0. The van der Waals surface area contributed by atoms with Crippen molar-refractivity contribution >= 4 is 39.4 Å². The summed E-state index contributed by atoms with van der Waals surface area (Å²) in [7, 11) is 0. The third-order valence-electron chi connectivity index (χ3n) is 3.78. The molecular formula is C20H21BrClFN2O3. The first-order valence-corrected chi connectivity index (χ1v) is 9.84. The third kappa shape index (κ3) is 5.52. The Morgan fingerprint density at radius 3 is 2.50 bits per heavy atom. The lowest BCUT2D eigenvalue weighted by molar-refractivity contribution is 0.0501. The number of ether oxygens (including phenoxy) is 1. The van der Waals surface area contributed by atoms with Crippen molar-refractivity contribution in [3.05, 3.63) is 62.6 Å². The van der Waals surface area contributed by atoms with Crippen LogP contribution >= 0.6 is 27.5 Å². The number of carbonyl (C=O) groups excluding carboxylic acids is 2. The summed E-state index contributed by atoms with van der Waals surface area (Å²) < 4.78 is 21.2. The van der Waals surface area contributed by atoms with E-state index >= 15 is 4.39 Å². The van der Waals surface area contributed by atoms with Crippen LogP contribution < -0.4 is 5.32 Å². The molecule has 1 amide bonds. The average molecular weight is 472 g/mol. The standard InChI is InChI=1S/C20H21BrClFN2O3/c1-5-14(25-19(27)28-20(2,3)4)12-7-8-13(22)16(17(12)23)18(26)15-9-6-11(21)10-24-15/h6-10,14H,5H2,1-4H3,(H,25,27). The average Bonchev–Trinajstić information content (AvgIpc) is 2.59. The van der Waals surface area contributed by atoms with Crippen molar-refractivity contribution in [1.29, 1.82) is 0 Å². The smallest absolute Gasteiger partial charge is 0.408 e. The molecule has 5 nitrogen and oxygen atoms in total. The van der Waals surface area contributed by atoms with Crippen LogP contribution in [-0.4, -0.2) is 22.5 Å². The number of aromatic nitrogens is 1. The van der Waals surface area contributed by atoms with Crippen molar-refractivity contribution in [3.8, 4) is 0 Å². The molecule has 1 heterocycles. The number of nitrogens with zero attached hydrogens (tertiary/aromatic N) is 1. The van der Waals surface area contributed by atoms with Crippen LogP contribution in [0.15, 0.2) is 34.9 Å². The van der Waals surface area contributed by atoms with Crippen LogP contribution in [0, 0.1) is 5.82 Å². The molecule has 0 bridgehead atoms. The van der Waals surface area contributed by atoms with Gasteiger partial charge >= 0.3 is 6.09 Å². The van der Waals surface area contributed by atoms with Gasteiger partial charge in [0.15, 0.2) is 0 Å². The maximum Gasteiger partial charge on any atom is 0.408 e. The number of nitrogens with one attached hydrogen (secondary N) is 1. The van der Waals surface area contributed by atoms with Gasteiger partial charge in [-0.15, -0.1) is 0 Å². The SMILES string of the molecule is CCC(NC(=O)OC(C)(C)C)c1ccc(Cl)c(C(=O)c2ccc(Br)cn2)c1F. The number of hydrogen-bond donors (Lipinski definition) is 1. The predicted octanol–water partition coefficient (Wildman–Crippen LogP) is 5.84. The number of benzene rings is 1. The van der Waals surface area contributed by atoms with Crippen LogP contribution in [0.2, 0.25) is 5.02 Å². The summed E-state index contributed by atoms with van der Waals surface area (Å²) in [4.78, 5) is 28.9. The highest BCUT2D eigenvalue weighted by Crippen LogP contribution is 2.29. The van der Waals surface area contributed by atoms with E-state index in [9.17, 15) is 9.59 Å². The van der Waals surface area contributed by atoms with E-state index in [2.05, 4.69) is 26.2 Å². The molecule has 1 aromatic heterocycles. The molecular weight excluding hydrogens is 451 g/mol. The Kier molecular flexibility index (Phi) is 7.17. The summed E-state index contributed by atoms with van der Waals surface area (Å²) in [6, 6.07) is 5.32. The van der Waals surface area contributed by atoms with E-state index in [1.165, 1.54) is 24.4 Å². The molecule has 1 atom stereocenters. The maximum absolute atomic E-state index is 15.2. The molecule has 2 rings (SSSR count). The third-order valence-corrected chi connectivity index (χ3v) is 4.57. The van der Waals surface area contributed by atoms with E-state index in [1.807, 2.05) is 0 Å². The molecule has 0 saturated heterocycles. The number of hydrogen-bond acceptors (Lipinski definition) is 4. The van der Waals surface area contributed by atoms with E-state index in [-0.39, 0.29) is 21.8 Å². The molecule has 8 heteroatoms. The zero-order valence-corrected chi connectivity index (χ0v) is 18.3. The van der Waals surface area contributed by atoms with Gasteiger partial charge in [0.25, 0.3) is 0 Å². The van der Waals surface area contributed by atoms with Gasteiger partial charge in [-0.05, 0) is 61.3 Å². The summed E-state index contributed by atoms with van der Waals surface area (Å²) in [5.74, 6) is -1.42. The highest BCUT2D eigenvalue weighted by Gasteiger charge is 2.26. The molecule has 1 aromatic carbocycles. The molecule has 0 spiro atoms. The minimum absolute atomic E-state index is 0.0249. The largest absolute Gasteiger partial charge is 0.444 e. The topological polar surface area (TPSA) is 68.3 Å². The van der Waals surface area contributed by atoms with Gasteiger partial charge in [0, 0.05) is 16.2 Å².